The number of pyridine rings is 1. The summed E-state index contributed by atoms with van der Waals surface area (Å²) in [6.45, 7) is 3.30. The fraction of sp³-hybridized carbons (Fsp3) is 0.0769. The summed E-state index contributed by atoms with van der Waals surface area (Å²) in [5, 5.41) is 13.8. The molecule has 10 aromatic rings. The highest BCUT2D eigenvalue weighted by molar-refractivity contribution is 6.12. The van der Waals surface area contributed by atoms with E-state index < -0.39 is 23.5 Å². The number of aromatic nitrogens is 3. The van der Waals surface area contributed by atoms with Gasteiger partial charge in [0.15, 0.2) is 0 Å². The first-order valence-electron chi connectivity index (χ1n) is 19.7. The van der Waals surface area contributed by atoms with Crippen molar-refractivity contribution in [2.45, 2.75) is 26.2 Å². The van der Waals surface area contributed by atoms with Gasteiger partial charge in [-0.15, -0.1) is 0 Å². The van der Waals surface area contributed by atoms with Crippen molar-refractivity contribution in [1.29, 1.82) is 5.26 Å². The molecule has 0 bridgehead atoms. The average molecular weight is 827 g/mol. The third kappa shape index (κ3) is 6.45. The van der Waals surface area contributed by atoms with Gasteiger partial charge in [-0.1, -0.05) is 78.9 Å². The van der Waals surface area contributed by atoms with E-state index in [2.05, 4.69) is 10.6 Å². The molecule has 10 heteroatoms. The molecule has 0 saturated carbocycles. The number of nitrogens with zero attached hydrogens (tertiary/aromatic N) is 4. The van der Waals surface area contributed by atoms with Gasteiger partial charge in [0.1, 0.15) is 5.82 Å². The van der Waals surface area contributed by atoms with Crippen LogP contribution in [0, 0.1) is 25.2 Å². The first-order valence-corrected chi connectivity index (χ1v) is 19.7. The Morgan fingerprint density at radius 3 is 1.50 bits per heavy atom. The number of hydrogen-bond acceptors (Lipinski definition) is 2. The quantitative estimate of drug-likeness (QED) is 0.162. The Labute approximate surface area is 351 Å². The van der Waals surface area contributed by atoms with Gasteiger partial charge < -0.3 is 4.57 Å². The molecule has 0 radical (unpaired) electrons. The number of aryl methyl sites for hydroxylation is 2. The van der Waals surface area contributed by atoms with Crippen LogP contribution < -0.4 is 0 Å². The molecule has 302 valence electrons. The maximum absolute atomic E-state index is 13.9. The molecule has 0 amide bonds. The minimum absolute atomic E-state index is 0.442. The molecule has 0 N–H and O–H groups in total. The van der Waals surface area contributed by atoms with Crippen LogP contribution in [0.1, 0.15) is 27.8 Å². The molecule has 10 rings (SSSR count). The summed E-state index contributed by atoms with van der Waals surface area (Å²) < 4.78 is 87.4. The summed E-state index contributed by atoms with van der Waals surface area (Å²) >= 11 is 0. The molecule has 0 aliphatic carbocycles. The maximum atomic E-state index is 13.9. The summed E-state index contributed by atoms with van der Waals surface area (Å²) in [4.78, 5) is 5.10. The number of fused-ring (bicyclic) bond motifs is 6. The van der Waals surface area contributed by atoms with Crippen LogP contribution in [0.2, 0.25) is 0 Å². The van der Waals surface area contributed by atoms with E-state index in [1.807, 2.05) is 108 Å². The zero-order valence-electron chi connectivity index (χ0n) is 33.1. The molecule has 7 aromatic carbocycles. The molecular weight excluding hydrogens is 795 g/mol. The van der Waals surface area contributed by atoms with E-state index in [9.17, 15) is 31.6 Å². The Morgan fingerprint density at radius 2 is 0.952 bits per heavy atom. The van der Waals surface area contributed by atoms with Gasteiger partial charge in [-0.2, -0.15) is 31.6 Å². The number of rotatable bonds is 5. The molecule has 3 heterocycles. The van der Waals surface area contributed by atoms with Crippen molar-refractivity contribution < 1.29 is 26.3 Å². The lowest BCUT2D eigenvalue weighted by Gasteiger charge is -2.17. The topological polar surface area (TPSA) is 46.5 Å². The van der Waals surface area contributed by atoms with E-state index >= 15 is 0 Å². The fourth-order valence-corrected chi connectivity index (χ4v) is 8.81. The van der Waals surface area contributed by atoms with Gasteiger partial charge in [-0.3, -0.25) is 4.57 Å². The van der Waals surface area contributed by atoms with Crippen molar-refractivity contribution in [2.75, 3.05) is 0 Å². The molecule has 0 aliphatic rings. The van der Waals surface area contributed by atoms with Gasteiger partial charge in [0.25, 0.3) is 0 Å². The van der Waals surface area contributed by atoms with Crippen LogP contribution >= 0.6 is 0 Å². The van der Waals surface area contributed by atoms with E-state index in [1.54, 1.807) is 44.3 Å². The summed E-state index contributed by atoms with van der Waals surface area (Å²) in [7, 11) is 0. The molecule has 0 unspecified atom stereocenters. The second-order valence-electron chi connectivity index (χ2n) is 15.6. The zero-order valence-corrected chi connectivity index (χ0v) is 33.1. The van der Waals surface area contributed by atoms with Crippen molar-refractivity contribution in [1.82, 2.24) is 14.1 Å². The lowest BCUT2D eigenvalue weighted by Crippen LogP contribution is -2.05. The zero-order chi connectivity index (χ0) is 43.1. The fourth-order valence-electron chi connectivity index (χ4n) is 8.81. The van der Waals surface area contributed by atoms with Gasteiger partial charge in [0, 0.05) is 32.7 Å². The number of hydrogen-bond donors (Lipinski definition) is 0. The van der Waals surface area contributed by atoms with Crippen LogP contribution in [0.25, 0.3) is 88.5 Å². The van der Waals surface area contributed by atoms with E-state index in [4.69, 9.17) is 4.98 Å². The summed E-state index contributed by atoms with van der Waals surface area (Å²) in [5.41, 5.74) is 7.48. The Bertz CT molecular complexity index is 3490. The Balaban J connectivity index is 1.20. The summed E-state index contributed by atoms with van der Waals surface area (Å²) in [6.07, 6.45) is -7.21. The monoisotopic (exact) mass is 826 g/mol. The minimum Gasteiger partial charge on any atom is -0.307 e. The highest BCUT2D eigenvalue weighted by atomic mass is 19.4. The SMILES string of the molecule is Cc1cc(-c2ccc3c(c2)c2ccccc2n3-c2cc(-c3ccccc3C#N)c(-n3c4ccccc4c4cc(-c5cc(C)cc(C(F)(F)F)c5)ccc43)cn2)cc(C(F)(F)F)c1. The minimum atomic E-state index is -4.50. The molecule has 0 aliphatic heterocycles. The highest BCUT2D eigenvalue weighted by Gasteiger charge is 2.32. The van der Waals surface area contributed by atoms with Crippen molar-refractivity contribution in [2.24, 2.45) is 0 Å². The normalized spacial score (nSPS) is 12.2. The lowest BCUT2D eigenvalue weighted by atomic mass is 9.98. The Morgan fingerprint density at radius 1 is 0.468 bits per heavy atom. The van der Waals surface area contributed by atoms with Gasteiger partial charge in [-0.05, 0) is 120 Å². The summed E-state index contributed by atoms with van der Waals surface area (Å²) in [6, 6.07) is 46.6. The second kappa shape index (κ2) is 14.2. The third-order valence-corrected chi connectivity index (χ3v) is 11.5. The van der Waals surface area contributed by atoms with Crippen molar-refractivity contribution >= 4 is 43.6 Å². The van der Waals surface area contributed by atoms with Gasteiger partial charge in [-0.25, -0.2) is 4.98 Å². The van der Waals surface area contributed by atoms with Crippen LogP contribution in [-0.2, 0) is 12.4 Å². The van der Waals surface area contributed by atoms with Crippen molar-refractivity contribution in [3.8, 4) is 51.0 Å². The van der Waals surface area contributed by atoms with Crippen LogP contribution in [-0.4, -0.2) is 14.1 Å². The molecule has 0 fully saturated rings. The van der Waals surface area contributed by atoms with Gasteiger partial charge in [0.2, 0.25) is 0 Å². The third-order valence-electron chi connectivity index (χ3n) is 11.5. The Kier molecular flexibility index (Phi) is 8.85. The molecule has 4 nitrogen and oxygen atoms in total. The summed E-state index contributed by atoms with van der Waals surface area (Å²) in [5.74, 6) is 0.549. The first kappa shape index (κ1) is 38.6. The number of benzene rings is 7. The lowest BCUT2D eigenvalue weighted by molar-refractivity contribution is -0.138. The van der Waals surface area contributed by atoms with Crippen LogP contribution in [0.15, 0.2) is 158 Å². The van der Waals surface area contributed by atoms with Crippen LogP contribution in [0.5, 0.6) is 0 Å². The van der Waals surface area contributed by atoms with Crippen LogP contribution in [0.3, 0.4) is 0 Å². The molecule has 62 heavy (non-hydrogen) atoms. The van der Waals surface area contributed by atoms with Gasteiger partial charge >= 0.3 is 12.4 Å². The number of para-hydroxylation sites is 2. The average Bonchev–Trinajstić information content (AvgIpc) is 3.77. The highest BCUT2D eigenvalue weighted by Crippen LogP contribution is 2.42. The van der Waals surface area contributed by atoms with Crippen molar-refractivity contribution in [3.05, 3.63) is 186 Å². The molecule has 0 spiro atoms. The van der Waals surface area contributed by atoms with E-state index in [1.165, 1.54) is 12.1 Å². The number of nitriles is 1. The standard InChI is InChI=1S/C52H32F6N4/c1-30-19-35(23-37(21-30)51(53,54)55)32-15-17-47-42(25-32)40-11-5-7-13-45(40)61(47)49-29-60-50(27-44(49)39-10-4-3-9-34(39)28-59)62-46-14-8-6-12-41(46)43-26-33(16-18-48(43)62)36-20-31(2)22-38(24-36)52(56,57)58/h3-27,29H,1-2H3. The van der Waals surface area contributed by atoms with Gasteiger partial charge in [0.05, 0.1) is 56.7 Å². The molecule has 0 atom stereocenters. The predicted octanol–water partition coefficient (Wildman–Crippen LogP) is 14.8. The molecule has 0 saturated heterocycles. The predicted molar refractivity (Wildman–Crippen MR) is 233 cm³/mol. The van der Waals surface area contributed by atoms with Crippen molar-refractivity contribution in [3.63, 3.8) is 0 Å². The number of halogens is 6. The second-order valence-corrected chi connectivity index (χ2v) is 15.6. The van der Waals surface area contributed by atoms with E-state index in [0.717, 1.165) is 55.7 Å². The maximum Gasteiger partial charge on any atom is 0.416 e. The van der Waals surface area contributed by atoms with Crippen LogP contribution in [0.4, 0.5) is 26.3 Å². The Hall–Kier alpha value is -7.64. The molecular formula is C52H32F6N4. The van der Waals surface area contributed by atoms with E-state index in [-0.39, 0.29) is 0 Å². The molecule has 3 aromatic heterocycles. The first-order chi connectivity index (χ1) is 29.8. The largest absolute Gasteiger partial charge is 0.416 e. The smallest absolute Gasteiger partial charge is 0.307 e. The van der Waals surface area contributed by atoms with E-state index in [0.29, 0.717) is 61.6 Å². The number of alkyl halides is 6.